The number of rotatable bonds is 7. The van der Waals surface area contributed by atoms with Crippen molar-refractivity contribution >= 4 is 5.91 Å². The Morgan fingerprint density at radius 3 is 2.43 bits per heavy atom. The zero-order valence-corrected chi connectivity index (χ0v) is 13.6. The second-order valence-corrected chi connectivity index (χ2v) is 6.66. The molecule has 0 aliphatic carbocycles. The Morgan fingerprint density at radius 2 is 1.67 bits per heavy atom. The van der Waals surface area contributed by atoms with E-state index in [0.717, 1.165) is 51.4 Å². The Hall–Kier alpha value is -0.610. The fourth-order valence-corrected chi connectivity index (χ4v) is 3.73. The lowest BCUT2D eigenvalue weighted by Gasteiger charge is -2.26. The molecule has 2 aliphatic rings. The minimum atomic E-state index is 0.379. The lowest BCUT2D eigenvalue weighted by Crippen LogP contribution is -2.35. The third-order valence-corrected chi connectivity index (χ3v) is 5.05. The molecule has 0 aromatic carbocycles. The van der Waals surface area contributed by atoms with Crippen molar-refractivity contribution in [2.24, 2.45) is 5.73 Å². The van der Waals surface area contributed by atoms with Crippen LogP contribution in [0.1, 0.15) is 64.2 Å². The van der Waals surface area contributed by atoms with Gasteiger partial charge in [-0.15, -0.1) is 0 Å². The van der Waals surface area contributed by atoms with Crippen LogP contribution in [-0.2, 0) is 4.79 Å². The highest BCUT2D eigenvalue weighted by Crippen LogP contribution is 2.21. The van der Waals surface area contributed by atoms with E-state index in [1.807, 2.05) is 0 Å². The van der Waals surface area contributed by atoms with Gasteiger partial charge in [0.1, 0.15) is 0 Å². The van der Waals surface area contributed by atoms with Gasteiger partial charge in [0.25, 0.3) is 0 Å². The van der Waals surface area contributed by atoms with Crippen LogP contribution >= 0.6 is 0 Å². The van der Waals surface area contributed by atoms with Gasteiger partial charge in [-0.1, -0.05) is 12.8 Å². The van der Waals surface area contributed by atoms with Crippen molar-refractivity contribution < 1.29 is 4.79 Å². The Bertz CT molecular complexity index is 302. The van der Waals surface area contributed by atoms with Crippen LogP contribution in [0.4, 0.5) is 0 Å². The average molecular weight is 295 g/mol. The maximum absolute atomic E-state index is 12.3. The second-order valence-electron chi connectivity index (χ2n) is 6.66. The first-order valence-electron chi connectivity index (χ1n) is 9.03. The summed E-state index contributed by atoms with van der Waals surface area (Å²) in [6.45, 7) is 5.28. The molecule has 2 fully saturated rings. The van der Waals surface area contributed by atoms with Gasteiger partial charge in [-0.3, -0.25) is 4.79 Å². The Labute approximate surface area is 130 Å². The first kappa shape index (κ1) is 16.8. The molecule has 1 atom stereocenters. The molecule has 2 heterocycles. The topological polar surface area (TPSA) is 49.6 Å². The molecule has 0 aromatic heterocycles. The number of amides is 1. The molecule has 2 saturated heterocycles. The van der Waals surface area contributed by atoms with Crippen LogP contribution in [0.25, 0.3) is 0 Å². The van der Waals surface area contributed by atoms with E-state index in [2.05, 4.69) is 9.80 Å². The second kappa shape index (κ2) is 9.42. The molecule has 2 rings (SSSR count). The van der Waals surface area contributed by atoms with Crippen molar-refractivity contribution in [3.05, 3.63) is 0 Å². The Kier molecular flexibility index (Phi) is 7.51. The third kappa shape index (κ3) is 5.59. The normalized spacial score (nSPS) is 24.2. The van der Waals surface area contributed by atoms with E-state index >= 15 is 0 Å². The molecule has 1 amide bonds. The monoisotopic (exact) mass is 295 g/mol. The third-order valence-electron chi connectivity index (χ3n) is 5.05. The number of nitrogens with zero attached hydrogens (tertiary/aromatic N) is 2. The SMILES string of the molecule is NCCCCCCC(=O)N1CCCC(N2CCCC2)CC1. The first-order valence-corrected chi connectivity index (χ1v) is 9.03. The molecular formula is C17H33N3O. The Balaban J connectivity index is 1.65. The van der Waals surface area contributed by atoms with Crippen molar-refractivity contribution in [1.82, 2.24) is 9.80 Å². The van der Waals surface area contributed by atoms with Crippen molar-refractivity contribution in [1.29, 1.82) is 0 Å². The van der Waals surface area contributed by atoms with Crippen LogP contribution in [0, 0.1) is 0 Å². The van der Waals surface area contributed by atoms with Gasteiger partial charge in [0.15, 0.2) is 0 Å². The van der Waals surface area contributed by atoms with Gasteiger partial charge >= 0.3 is 0 Å². The van der Waals surface area contributed by atoms with E-state index in [1.165, 1.54) is 51.6 Å². The lowest BCUT2D eigenvalue weighted by atomic mass is 10.1. The van der Waals surface area contributed by atoms with E-state index in [1.54, 1.807) is 0 Å². The van der Waals surface area contributed by atoms with E-state index < -0.39 is 0 Å². The molecule has 0 bridgehead atoms. The molecule has 0 aromatic rings. The number of likely N-dealkylation sites (tertiary alicyclic amines) is 2. The molecule has 122 valence electrons. The summed E-state index contributed by atoms with van der Waals surface area (Å²) in [4.78, 5) is 17.1. The highest BCUT2D eigenvalue weighted by atomic mass is 16.2. The molecule has 1 unspecified atom stereocenters. The Morgan fingerprint density at radius 1 is 0.905 bits per heavy atom. The summed E-state index contributed by atoms with van der Waals surface area (Å²) in [5.74, 6) is 0.379. The number of hydrogen-bond donors (Lipinski definition) is 1. The minimum absolute atomic E-state index is 0.379. The molecule has 2 aliphatic heterocycles. The van der Waals surface area contributed by atoms with E-state index in [0.29, 0.717) is 5.91 Å². The highest BCUT2D eigenvalue weighted by Gasteiger charge is 2.25. The van der Waals surface area contributed by atoms with Gasteiger partial charge in [0.05, 0.1) is 0 Å². The van der Waals surface area contributed by atoms with Crippen LogP contribution in [0.3, 0.4) is 0 Å². The van der Waals surface area contributed by atoms with Gasteiger partial charge in [-0.25, -0.2) is 0 Å². The fourth-order valence-electron chi connectivity index (χ4n) is 3.73. The summed E-state index contributed by atoms with van der Waals surface area (Å²) in [5.41, 5.74) is 5.49. The summed E-state index contributed by atoms with van der Waals surface area (Å²) in [5, 5.41) is 0. The number of hydrogen-bond acceptors (Lipinski definition) is 3. The molecule has 2 N–H and O–H groups in total. The molecular weight excluding hydrogens is 262 g/mol. The van der Waals surface area contributed by atoms with Gasteiger partial charge < -0.3 is 15.5 Å². The van der Waals surface area contributed by atoms with Crippen LogP contribution in [0.15, 0.2) is 0 Å². The zero-order valence-electron chi connectivity index (χ0n) is 13.6. The fraction of sp³-hybridized carbons (Fsp3) is 0.941. The van der Waals surface area contributed by atoms with Gasteiger partial charge in [-0.2, -0.15) is 0 Å². The molecule has 21 heavy (non-hydrogen) atoms. The largest absolute Gasteiger partial charge is 0.343 e. The van der Waals surface area contributed by atoms with Crippen molar-refractivity contribution in [3.8, 4) is 0 Å². The highest BCUT2D eigenvalue weighted by molar-refractivity contribution is 5.76. The van der Waals surface area contributed by atoms with Gasteiger partial charge in [-0.05, 0) is 64.6 Å². The van der Waals surface area contributed by atoms with Crippen molar-refractivity contribution in [3.63, 3.8) is 0 Å². The summed E-state index contributed by atoms with van der Waals surface area (Å²) in [6.07, 6.45) is 11.5. The van der Waals surface area contributed by atoms with E-state index in [9.17, 15) is 4.79 Å². The predicted molar refractivity (Wildman–Crippen MR) is 87.2 cm³/mol. The molecule has 4 heteroatoms. The van der Waals surface area contributed by atoms with Gasteiger partial charge in [0, 0.05) is 25.6 Å². The van der Waals surface area contributed by atoms with Crippen molar-refractivity contribution in [2.75, 3.05) is 32.7 Å². The van der Waals surface area contributed by atoms with Crippen LogP contribution in [0.2, 0.25) is 0 Å². The number of nitrogens with two attached hydrogens (primary N) is 1. The van der Waals surface area contributed by atoms with Crippen LogP contribution < -0.4 is 5.73 Å². The van der Waals surface area contributed by atoms with E-state index in [-0.39, 0.29) is 0 Å². The van der Waals surface area contributed by atoms with Crippen molar-refractivity contribution in [2.45, 2.75) is 70.3 Å². The van der Waals surface area contributed by atoms with E-state index in [4.69, 9.17) is 5.73 Å². The first-order chi connectivity index (χ1) is 10.3. The zero-order chi connectivity index (χ0) is 14.9. The lowest BCUT2D eigenvalue weighted by molar-refractivity contribution is -0.131. The minimum Gasteiger partial charge on any atom is -0.343 e. The summed E-state index contributed by atoms with van der Waals surface area (Å²) in [7, 11) is 0. The summed E-state index contributed by atoms with van der Waals surface area (Å²) in [6, 6.07) is 0.731. The molecule has 0 spiro atoms. The molecule has 0 saturated carbocycles. The smallest absolute Gasteiger partial charge is 0.222 e. The summed E-state index contributed by atoms with van der Waals surface area (Å²) < 4.78 is 0. The van der Waals surface area contributed by atoms with Gasteiger partial charge in [0.2, 0.25) is 5.91 Å². The summed E-state index contributed by atoms with van der Waals surface area (Å²) >= 11 is 0. The van der Waals surface area contributed by atoms with Crippen LogP contribution in [-0.4, -0.2) is 54.5 Å². The number of carbonyl (C=O) groups excluding carboxylic acids is 1. The quantitative estimate of drug-likeness (QED) is 0.734. The number of carbonyl (C=O) groups is 1. The maximum atomic E-state index is 12.3. The standard InChI is InChI=1S/C17H33N3O/c18-11-4-2-1-3-9-17(21)20-14-7-8-16(10-15-20)19-12-5-6-13-19/h16H,1-15,18H2. The predicted octanol–water partition coefficient (Wildman–Crippen LogP) is 2.37. The molecule has 0 radical (unpaired) electrons. The average Bonchev–Trinajstić information content (AvgIpc) is 2.91. The maximum Gasteiger partial charge on any atom is 0.222 e. The van der Waals surface area contributed by atoms with Crippen LogP contribution in [0.5, 0.6) is 0 Å². The number of unbranched alkanes of at least 4 members (excludes halogenated alkanes) is 3. The molecule has 4 nitrogen and oxygen atoms in total.